The van der Waals surface area contributed by atoms with Crippen LogP contribution in [-0.4, -0.2) is 0 Å². The molecule has 206 valence electrons. The Morgan fingerprint density at radius 2 is 1.12 bits per heavy atom. The van der Waals surface area contributed by atoms with Crippen molar-refractivity contribution in [2.45, 2.75) is 44.4 Å². The van der Waals surface area contributed by atoms with Crippen LogP contribution in [0.2, 0.25) is 0 Å². The first-order valence-electron chi connectivity index (χ1n) is 16.0. The Balaban J connectivity index is 1.21. The Bertz CT molecular complexity index is 1750. The van der Waals surface area contributed by atoms with Gasteiger partial charge in [0.05, 0.1) is 0 Å². The molecule has 0 aromatic heterocycles. The van der Waals surface area contributed by atoms with E-state index < -0.39 is 0 Å². The van der Waals surface area contributed by atoms with E-state index in [1.807, 2.05) is 0 Å². The van der Waals surface area contributed by atoms with E-state index >= 15 is 0 Å². The van der Waals surface area contributed by atoms with Crippen molar-refractivity contribution in [3.8, 4) is 22.3 Å². The number of rotatable bonds is 4. The van der Waals surface area contributed by atoms with Gasteiger partial charge < -0.3 is 4.90 Å². The molecule has 5 aliphatic carbocycles. The first kappa shape index (κ1) is 24.5. The lowest BCUT2D eigenvalue weighted by Crippen LogP contribution is -2.55. The molecule has 0 aliphatic heterocycles. The summed E-state index contributed by atoms with van der Waals surface area (Å²) in [5.74, 6) is 3.50. The van der Waals surface area contributed by atoms with Crippen LogP contribution in [0, 0.1) is 30.6 Å². The van der Waals surface area contributed by atoms with Crippen LogP contribution in [0.1, 0.15) is 48.8 Å². The molecule has 0 N–H and O–H groups in total. The van der Waals surface area contributed by atoms with Gasteiger partial charge in [-0.3, -0.25) is 0 Å². The summed E-state index contributed by atoms with van der Waals surface area (Å²) >= 11 is 0. The van der Waals surface area contributed by atoms with Crippen molar-refractivity contribution in [2.24, 2.45) is 23.7 Å². The number of nitrogens with zero attached hydrogens (tertiary/aromatic N) is 1. The molecule has 4 fully saturated rings. The molecule has 5 aliphatic rings. The van der Waals surface area contributed by atoms with Crippen LogP contribution in [0.3, 0.4) is 0 Å². The molecule has 0 unspecified atom stereocenters. The highest BCUT2D eigenvalue weighted by molar-refractivity contribution is 5.89. The third kappa shape index (κ3) is 3.43. The van der Waals surface area contributed by atoms with Crippen molar-refractivity contribution < 1.29 is 0 Å². The average molecular weight is 544 g/mol. The van der Waals surface area contributed by atoms with Crippen LogP contribution in [0.4, 0.5) is 17.1 Å². The van der Waals surface area contributed by atoms with E-state index in [1.165, 1.54) is 77.0 Å². The Morgan fingerprint density at radius 1 is 0.524 bits per heavy atom. The van der Waals surface area contributed by atoms with Crippen LogP contribution in [0.5, 0.6) is 0 Å². The molecule has 0 saturated heterocycles. The third-order valence-corrected chi connectivity index (χ3v) is 11.4. The van der Waals surface area contributed by atoms with Gasteiger partial charge in [-0.25, -0.2) is 0 Å². The molecule has 1 heteroatoms. The van der Waals surface area contributed by atoms with E-state index in [0.29, 0.717) is 0 Å². The van der Waals surface area contributed by atoms with Gasteiger partial charge >= 0.3 is 0 Å². The maximum Gasteiger partial charge on any atom is 0.0468 e. The zero-order valence-corrected chi connectivity index (χ0v) is 24.3. The number of fused-ring (bicyclic) bond motifs is 3. The van der Waals surface area contributed by atoms with Crippen molar-refractivity contribution in [3.63, 3.8) is 0 Å². The first-order valence-corrected chi connectivity index (χ1v) is 16.0. The molecule has 1 nitrogen and oxygen atoms in total. The highest BCUT2D eigenvalue weighted by atomic mass is 15.1. The molecule has 4 bridgehead atoms. The van der Waals surface area contributed by atoms with E-state index in [-0.39, 0.29) is 5.41 Å². The van der Waals surface area contributed by atoms with Gasteiger partial charge in [-0.1, -0.05) is 84.9 Å². The van der Waals surface area contributed by atoms with Crippen molar-refractivity contribution >= 4 is 17.1 Å². The second-order valence-electron chi connectivity index (χ2n) is 13.5. The number of para-hydroxylation sites is 1. The summed E-state index contributed by atoms with van der Waals surface area (Å²) in [6.45, 7) is 2.33. The highest BCUT2D eigenvalue weighted by Gasteiger charge is 2.61. The quantitative estimate of drug-likeness (QED) is 0.218. The van der Waals surface area contributed by atoms with Crippen molar-refractivity contribution in [3.05, 3.63) is 138 Å². The molecule has 0 amide bonds. The summed E-state index contributed by atoms with van der Waals surface area (Å²) in [6, 6.07) is 45.3. The fourth-order valence-corrected chi connectivity index (χ4v) is 10.0. The lowest BCUT2D eigenvalue weighted by molar-refractivity contribution is -0.0399. The van der Waals surface area contributed by atoms with E-state index in [9.17, 15) is 0 Å². The predicted molar refractivity (Wildman–Crippen MR) is 175 cm³/mol. The third-order valence-electron chi connectivity index (χ3n) is 11.4. The minimum absolute atomic E-state index is 0.206. The fraction of sp³-hybridized carbons (Fsp3) is 0.268. The molecule has 1 spiro atoms. The monoisotopic (exact) mass is 543 g/mol. The SMILES string of the molecule is Cc1cccc2c1-c1cc(N(c3ccccc3)c3ccc(-c4ccccc4)cc3)ccc1C21C2CC3CC(C2)CC1C3. The van der Waals surface area contributed by atoms with Gasteiger partial charge in [-0.2, -0.15) is 0 Å². The molecule has 0 heterocycles. The van der Waals surface area contributed by atoms with Crippen LogP contribution in [-0.2, 0) is 5.41 Å². The zero-order valence-electron chi connectivity index (χ0n) is 24.3. The van der Waals surface area contributed by atoms with E-state index in [2.05, 4.69) is 133 Å². The molecular weight excluding hydrogens is 506 g/mol. The second-order valence-corrected chi connectivity index (χ2v) is 13.5. The minimum Gasteiger partial charge on any atom is -0.310 e. The normalized spacial score (nSPS) is 26.3. The van der Waals surface area contributed by atoms with E-state index in [1.54, 1.807) is 11.1 Å². The maximum atomic E-state index is 2.54. The summed E-state index contributed by atoms with van der Waals surface area (Å²) in [6.07, 6.45) is 7.18. The second kappa shape index (κ2) is 9.20. The smallest absolute Gasteiger partial charge is 0.0468 e. The van der Waals surface area contributed by atoms with E-state index in [4.69, 9.17) is 0 Å². The Morgan fingerprint density at radius 3 is 1.81 bits per heavy atom. The lowest BCUT2D eigenvalue weighted by atomic mass is 9.43. The van der Waals surface area contributed by atoms with Crippen molar-refractivity contribution in [1.29, 1.82) is 0 Å². The molecule has 42 heavy (non-hydrogen) atoms. The Hall–Kier alpha value is -4.10. The summed E-state index contributed by atoms with van der Waals surface area (Å²) in [5.41, 5.74) is 14.0. The minimum atomic E-state index is 0.206. The number of benzene rings is 5. The molecule has 4 saturated carbocycles. The van der Waals surface area contributed by atoms with Gasteiger partial charge in [-0.05, 0) is 138 Å². The summed E-state index contributed by atoms with van der Waals surface area (Å²) in [5, 5.41) is 0. The highest BCUT2D eigenvalue weighted by Crippen LogP contribution is 2.69. The Kier molecular flexibility index (Phi) is 5.37. The average Bonchev–Trinajstić information content (AvgIpc) is 3.32. The van der Waals surface area contributed by atoms with Gasteiger partial charge in [0.1, 0.15) is 0 Å². The standard InChI is InChI=1S/C41H37N/c1-27-9-8-14-39-40(27)37-26-36(19-20-38(37)41(39)32-22-28-21-29(24-32)25-33(41)23-28)42(34-12-6-3-7-13-34)35-17-15-31(16-18-35)30-10-4-2-5-11-30/h2-20,26,28-29,32-33H,21-25H2,1H3. The molecule has 10 rings (SSSR count). The van der Waals surface area contributed by atoms with Crippen LogP contribution in [0.15, 0.2) is 121 Å². The number of anilines is 3. The van der Waals surface area contributed by atoms with Gasteiger partial charge in [0.15, 0.2) is 0 Å². The van der Waals surface area contributed by atoms with E-state index in [0.717, 1.165) is 23.7 Å². The number of aryl methyl sites for hydroxylation is 1. The predicted octanol–water partition coefficient (Wildman–Crippen LogP) is 10.9. The Labute approximate surface area is 249 Å². The van der Waals surface area contributed by atoms with Gasteiger partial charge in [0.25, 0.3) is 0 Å². The van der Waals surface area contributed by atoms with Gasteiger partial charge in [0.2, 0.25) is 0 Å². The topological polar surface area (TPSA) is 3.24 Å². The van der Waals surface area contributed by atoms with Crippen molar-refractivity contribution in [1.82, 2.24) is 0 Å². The molecule has 0 atom stereocenters. The summed E-state index contributed by atoms with van der Waals surface area (Å²) in [4.78, 5) is 2.44. The molecular formula is C41H37N. The molecule has 5 aromatic rings. The maximum absolute atomic E-state index is 2.54. The lowest BCUT2D eigenvalue weighted by Gasteiger charge is -2.61. The largest absolute Gasteiger partial charge is 0.310 e. The van der Waals surface area contributed by atoms with Gasteiger partial charge in [-0.15, -0.1) is 0 Å². The van der Waals surface area contributed by atoms with Gasteiger partial charge in [0, 0.05) is 22.5 Å². The van der Waals surface area contributed by atoms with Crippen molar-refractivity contribution in [2.75, 3.05) is 4.90 Å². The number of hydrogen-bond acceptors (Lipinski definition) is 1. The molecule has 0 radical (unpaired) electrons. The summed E-state index contributed by atoms with van der Waals surface area (Å²) < 4.78 is 0. The summed E-state index contributed by atoms with van der Waals surface area (Å²) in [7, 11) is 0. The van der Waals surface area contributed by atoms with Crippen LogP contribution in [0.25, 0.3) is 22.3 Å². The van der Waals surface area contributed by atoms with Crippen LogP contribution >= 0.6 is 0 Å². The van der Waals surface area contributed by atoms with Crippen LogP contribution < -0.4 is 4.90 Å². The first-order chi connectivity index (χ1) is 20.7. The molecule has 5 aromatic carbocycles. The fourth-order valence-electron chi connectivity index (χ4n) is 10.0. The zero-order chi connectivity index (χ0) is 27.8. The number of hydrogen-bond donors (Lipinski definition) is 0.